The molecule has 0 spiro atoms. The van der Waals surface area contributed by atoms with Gasteiger partial charge in [-0.05, 0) is 50.8 Å². The number of fused-ring (bicyclic) bond motifs is 2. The van der Waals surface area contributed by atoms with E-state index in [1.54, 1.807) is 0 Å². The standard InChI is InChI=1S/C17H23N6S2.BrH/c1-7-22-12(24-16-14(22)10(3)18-20(16)5)9-13-23(8-2)15-11(4)19-21(6)17(15)25-13;/h9H,7-8H2,1-6H3;1H/q+1;/p-1. The Hall–Kier alpha value is -1.32. The van der Waals surface area contributed by atoms with Crippen LogP contribution in [0.5, 0.6) is 0 Å². The van der Waals surface area contributed by atoms with E-state index in [4.69, 9.17) is 0 Å². The number of hydrogen-bond donors (Lipinski definition) is 0. The molecule has 26 heavy (non-hydrogen) atoms. The van der Waals surface area contributed by atoms with Gasteiger partial charge >= 0.3 is 0 Å². The quantitative estimate of drug-likeness (QED) is 0.531. The highest BCUT2D eigenvalue weighted by atomic mass is 79.9. The largest absolute Gasteiger partial charge is 1.00 e. The molecule has 1 aliphatic rings. The summed E-state index contributed by atoms with van der Waals surface area (Å²) in [6.45, 7) is 10.5. The first-order valence-corrected chi connectivity index (χ1v) is 10.2. The van der Waals surface area contributed by atoms with Crippen LogP contribution in [0.4, 0.5) is 5.69 Å². The third-order valence-corrected chi connectivity index (χ3v) is 7.03. The van der Waals surface area contributed by atoms with Crippen molar-refractivity contribution in [3.8, 4) is 0 Å². The second-order valence-electron chi connectivity index (χ2n) is 6.24. The lowest BCUT2D eigenvalue weighted by Gasteiger charge is -2.17. The zero-order valence-corrected chi connectivity index (χ0v) is 19.1. The van der Waals surface area contributed by atoms with Gasteiger partial charge in [-0.1, -0.05) is 0 Å². The average molecular weight is 455 g/mol. The van der Waals surface area contributed by atoms with Crippen LogP contribution in [0.2, 0.25) is 0 Å². The topological polar surface area (TPSA) is 42.8 Å². The summed E-state index contributed by atoms with van der Waals surface area (Å²) in [7, 11) is 4.05. The molecule has 0 atom stereocenters. The Kier molecular flexibility index (Phi) is 5.24. The van der Waals surface area contributed by atoms with Gasteiger partial charge in [0.15, 0.2) is 4.83 Å². The fourth-order valence-corrected chi connectivity index (χ4v) is 6.11. The van der Waals surface area contributed by atoms with E-state index >= 15 is 0 Å². The number of aryl methyl sites for hydroxylation is 5. The molecule has 0 amide bonds. The van der Waals surface area contributed by atoms with E-state index in [0.29, 0.717) is 0 Å². The minimum absolute atomic E-state index is 0. The van der Waals surface area contributed by atoms with Gasteiger partial charge in [-0.3, -0.25) is 9.36 Å². The predicted molar refractivity (Wildman–Crippen MR) is 104 cm³/mol. The molecule has 0 fully saturated rings. The number of anilines is 1. The van der Waals surface area contributed by atoms with Crippen LogP contribution in [0, 0.1) is 13.8 Å². The van der Waals surface area contributed by atoms with Crippen molar-refractivity contribution >= 4 is 45.2 Å². The number of aromatic nitrogens is 5. The number of thiazole rings is 1. The Morgan fingerprint density at radius 1 is 1.08 bits per heavy atom. The maximum Gasteiger partial charge on any atom is 0.266 e. The number of thioether (sulfide) groups is 1. The van der Waals surface area contributed by atoms with Crippen molar-refractivity contribution < 1.29 is 21.5 Å². The smallest absolute Gasteiger partial charge is 0.266 e. The van der Waals surface area contributed by atoms with Gasteiger partial charge in [0, 0.05) is 20.6 Å². The fraction of sp³-hybridized carbons (Fsp3) is 0.471. The first kappa shape index (κ1) is 19.4. The minimum Gasteiger partial charge on any atom is -1.00 e. The Bertz CT molecular complexity index is 1010. The second kappa shape index (κ2) is 7.01. The summed E-state index contributed by atoms with van der Waals surface area (Å²) >= 11 is 3.62. The van der Waals surface area contributed by atoms with Crippen molar-refractivity contribution in [3.05, 3.63) is 21.4 Å². The summed E-state index contributed by atoms with van der Waals surface area (Å²) in [4.78, 5) is 3.60. The van der Waals surface area contributed by atoms with E-state index in [1.165, 1.54) is 31.1 Å². The SMILES string of the molecule is CCN1C(=Cc2sc3c(c(C)nn3C)[n+]2CC)Sc2c1c(C)nn2C.[Br-]. The molecular weight excluding hydrogens is 432 g/mol. The maximum absolute atomic E-state index is 4.57. The van der Waals surface area contributed by atoms with E-state index < -0.39 is 0 Å². The molecule has 6 nitrogen and oxygen atoms in total. The molecule has 0 aliphatic carbocycles. The molecule has 0 saturated carbocycles. The molecule has 3 aromatic rings. The third kappa shape index (κ3) is 2.71. The lowest BCUT2D eigenvalue weighted by molar-refractivity contribution is -0.665. The van der Waals surface area contributed by atoms with Gasteiger partial charge in [0.05, 0.1) is 22.5 Å². The van der Waals surface area contributed by atoms with Crippen molar-refractivity contribution in [2.75, 3.05) is 11.4 Å². The molecule has 1 aliphatic heterocycles. The Morgan fingerprint density at radius 2 is 1.77 bits per heavy atom. The number of nitrogens with zero attached hydrogens (tertiary/aromatic N) is 6. The molecule has 3 aromatic heterocycles. The van der Waals surface area contributed by atoms with Crippen LogP contribution >= 0.6 is 23.1 Å². The summed E-state index contributed by atoms with van der Waals surface area (Å²) < 4.78 is 6.36. The second-order valence-corrected chi connectivity index (χ2v) is 8.26. The van der Waals surface area contributed by atoms with Crippen LogP contribution in [-0.2, 0) is 20.6 Å². The molecule has 0 bridgehead atoms. The van der Waals surface area contributed by atoms with Gasteiger partial charge < -0.3 is 21.9 Å². The Labute approximate surface area is 172 Å². The molecule has 0 saturated heterocycles. The average Bonchev–Trinajstić information content (AvgIpc) is 3.25. The summed E-state index contributed by atoms with van der Waals surface area (Å²) in [5, 5.41) is 12.9. The molecule has 0 unspecified atom stereocenters. The highest BCUT2D eigenvalue weighted by Gasteiger charge is 2.32. The molecular formula is C17H23BrN6S2. The highest BCUT2D eigenvalue weighted by Crippen LogP contribution is 2.48. The van der Waals surface area contributed by atoms with Crippen LogP contribution in [0.3, 0.4) is 0 Å². The van der Waals surface area contributed by atoms with E-state index in [2.05, 4.69) is 53.4 Å². The van der Waals surface area contributed by atoms with Gasteiger partial charge in [-0.2, -0.15) is 14.8 Å². The van der Waals surface area contributed by atoms with Crippen molar-refractivity contribution in [3.63, 3.8) is 0 Å². The van der Waals surface area contributed by atoms with E-state index in [9.17, 15) is 0 Å². The monoisotopic (exact) mass is 454 g/mol. The molecule has 140 valence electrons. The van der Waals surface area contributed by atoms with Crippen molar-refractivity contribution in [1.82, 2.24) is 19.6 Å². The van der Waals surface area contributed by atoms with Crippen molar-refractivity contribution in [2.45, 2.75) is 39.3 Å². The van der Waals surface area contributed by atoms with Gasteiger partial charge in [-0.25, -0.2) is 0 Å². The van der Waals surface area contributed by atoms with Gasteiger partial charge in [0.25, 0.3) is 10.5 Å². The molecule has 9 heteroatoms. The molecule has 0 N–H and O–H groups in total. The zero-order chi connectivity index (χ0) is 17.9. The van der Waals surface area contributed by atoms with Crippen molar-refractivity contribution in [1.29, 1.82) is 0 Å². The predicted octanol–water partition coefficient (Wildman–Crippen LogP) is 0.227. The summed E-state index contributed by atoms with van der Waals surface area (Å²) in [6, 6.07) is 0. The summed E-state index contributed by atoms with van der Waals surface area (Å²) in [5.41, 5.74) is 4.69. The summed E-state index contributed by atoms with van der Waals surface area (Å²) in [5.74, 6) is 0. The fourth-order valence-electron chi connectivity index (χ4n) is 3.58. The number of halogens is 1. The highest BCUT2D eigenvalue weighted by molar-refractivity contribution is 8.03. The van der Waals surface area contributed by atoms with Crippen LogP contribution in [0.25, 0.3) is 16.4 Å². The molecule has 0 aromatic carbocycles. The van der Waals surface area contributed by atoms with Crippen LogP contribution < -0.4 is 26.4 Å². The normalized spacial score (nSPS) is 15.2. The van der Waals surface area contributed by atoms with Gasteiger partial charge in [-0.15, -0.1) is 0 Å². The van der Waals surface area contributed by atoms with Crippen LogP contribution in [-0.4, -0.2) is 26.1 Å². The Balaban J connectivity index is 0.00000196. The molecule has 4 heterocycles. The number of hydrogen-bond acceptors (Lipinski definition) is 5. The zero-order valence-electron chi connectivity index (χ0n) is 15.9. The third-order valence-electron chi connectivity index (χ3n) is 4.63. The van der Waals surface area contributed by atoms with E-state index in [-0.39, 0.29) is 17.0 Å². The lowest BCUT2D eigenvalue weighted by Crippen LogP contribution is -3.00. The Morgan fingerprint density at radius 3 is 2.42 bits per heavy atom. The summed E-state index contributed by atoms with van der Waals surface area (Å²) in [6.07, 6.45) is 2.32. The van der Waals surface area contributed by atoms with E-state index in [1.807, 2.05) is 46.6 Å². The molecule has 4 rings (SSSR count). The van der Waals surface area contributed by atoms with Gasteiger partial charge in [0.1, 0.15) is 17.3 Å². The van der Waals surface area contributed by atoms with Crippen LogP contribution in [0.15, 0.2) is 10.1 Å². The minimum atomic E-state index is 0. The van der Waals surface area contributed by atoms with Crippen LogP contribution in [0.1, 0.15) is 30.2 Å². The molecule has 0 radical (unpaired) electrons. The van der Waals surface area contributed by atoms with E-state index in [0.717, 1.165) is 24.5 Å². The first-order chi connectivity index (χ1) is 12.0. The number of rotatable bonds is 3. The maximum atomic E-state index is 4.57. The first-order valence-electron chi connectivity index (χ1n) is 8.52. The lowest BCUT2D eigenvalue weighted by atomic mass is 10.3. The van der Waals surface area contributed by atoms with Crippen molar-refractivity contribution in [2.24, 2.45) is 14.1 Å². The van der Waals surface area contributed by atoms with Gasteiger partial charge in [0.2, 0.25) is 0 Å².